The molecule has 1 aromatic heterocycles. The molecule has 0 fully saturated rings. The van der Waals surface area contributed by atoms with Crippen LogP contribution in [-0.4, -0.2) is 20.8 Å². The largest absolute Gasteiger partial charge is 0.327 e. The summed E-state index contributed by atoms with van der Waals surface area (Å²) in [6.45, 7) is 8.67. The number of hydrogen-bond acceptors (Lipinski definition) is 3. The number of hydrogen-bond donors (Lipinski definition) is 1. The fraction of sp³-hybridized carbons (Fsp3) is 0.833. The molecular formula is C12H24N4. The van der Waals surface area contributed by atoms with Gasteiger partial charge in [0.05, 0.1) is 0 Å². The Labute approximate surface area is 98.2 Å². The predicted molar refractivity (Wildman–Crippen MR) is 66.2 cm³/mol. The highest BCUT2D eigenvalue weighted by molar-refractivity contribution is 4.90. The highest BCUT2D eigenvalue weighted by Gasteiger charge is 2.12. The summed E-state index contributed by atoms with van der Waals surface area (Å²) in [4.78, 5) is 4.28. The number of aromatic nitrogens is 3. The molecule has 0 aliphatic heterocycles. The Kier molecular flexibility index (Phi) is 4.93. The highest BCUT2D eigenvalue weighted by Crippen LogP contribution is 2.11. The van der Waals surface area contributed by atoms with Crippen molar-refractivity contribution in [2.75, 3.05) is 0 Å². The van der Waals surface area contributed by atoms with Crippen molar-refractivity contribution in [2.45, 2.75) is 59.0 Å². The van der Waals surface area contributed by atoms with Crippen molar-refractivity contribution >= 4 is 0 Å². The topological polar surface area (TPSA) is 56.7 Å². The summed E-state index contributed by atoms with van der Waals surface area (Å²) in [5.74, 6) is 1.72. The van der Waals surface area contributed by atoms with E-state index in [4.69, 9.17) is 5.73 Å². The fourth-order valence-corrected chi connectivity index (χ4v) is 1.74. The first-order valence-corrected chi connectivity index (χ1v) is 6.14. The summed E-state index contributed by atoms with van der Waals surface area (Å²) in [7, 11) is 0. The molecule has 16 heavy (non-hydrogen) atoms. The van der Waals surface area contributed by atoms with E-state index in [9.17, 15) is 0 Å². The molecule has 0 saturated heterocycles. The van der Waals surface area contributed by atoms with Gasteiger partial charge in [0.25, 0.3) is 0 Å². The predicted octanol–water partition coefficient (Wildman–Crippen LogP) is 2.17. The van der Waals surface area contributed by atoms with Crippen molar-refractivity contribution in [3.8, 4) is 0 Å². The van der Waals surface area contributed by atoms with Gasteiger partial charge in [-0.1, -0.05) is 13.8 Å². The van der Waals surface area contributed by atoms with Crippen LogP contribution in [0, 0.1) is 5.92 Å². The van der Waals surface area contributed by atoms with Gasteiger partial charge in [-0.2, -0.15) is 5.10 Å². The van der Waals surface area contributed by atoms with E-state index < -0.39 is 0 Å². The lowest BCUT2D eigenvalue weighted by atomic mass is 10.0. The summed E-state index contributed by atoms with van der Waals surface area (Å²) in [6.07, 6.45) is 4.68. The molecule has 1 unspecified atom stereocenters. The lowest BCUT2D eigenvalue weighted by Crippen LogP contribution is -2.25. The molecule has 1 aromatic rings. The lowest BCUT2D eigenvalue weighted by Gasteiger charge is -2.14. The van der Waals surface area contributed by atoms with Crippen LogP contribution in [-0.2, 0) is 6.42 Å². The summed E-state index contributed by atoms with van der Waals surface area (Å²) in [5, 5.41) is 4.21. The molecule has 4 nitrogen and oxygen atoms in total. The molecule has 0 spiro atoms. The third-order valence-corrected chi connectivity index (χ3v) is 2.70. The minimum Gasteiger partial charge on any atom is -0.327 e. The SMILES string of the molecule is CC(C)CCC(N)Cc1ncnn1C(C)C. The Morgan fingerprint density at radius 1 is 1.25 bits per heavy atom. The van der Waals surface area contributed by atoms with E-state index in [1.807, 2.05) is 4.68 Å². The molecule has 0 aliphatic rings. The molecular weight excluding hydrogens is 200 g/mol. The van der Waals surface area contributed by atoms with Gasteiger partial charge in [0.2, 0.25) is 0 Å². The molecule has 1 heterocycles. The highest BCUT2D eigenvalue weighted by atomic mass is 15.3. The second-order valence-electron chi connectivity index (χ2n) is 5.15. The Morgan fingerprint density at radius 3 is 2.50 bits per heavy atom. The molecule has 0 radical (unpaired) electrons. The smallest absolute Gasteiger partial charge is 0.138 e. The van der Waals surface area contributed by atoms with Crippen LogP contribution < -0.4 is 5.73 Å². The Bertz CT molecular complexity index is 304. The number of nitrogens with zero attached hydrogens (tertiary/aromatic N) is 3. The van der Waals surface area contributed by atoms with Gasteiger partial charge in [-0.25, -0.2) is 9.67 Å². The maximum atomic E-state index is 6.10. The summed E-state index contributed by atoms with van der Waals surface area (Å²) in [5.41, 5.74) is 6.10. The van der Waals surface area contributed by atoms with E-state index >= 15 is 0 Å². The molecule has 2 N–H and O–H groups in total. The summed E-state index contributed by atoms with van der Waals surface area (Å²) >= 11 is 0. The first kappa shape index (κ1) is 13.2. The summed E-state index contributed by atoms with van der Waals surface area (Å²) in [6, 6.07) is 0.555. The number of nitrogens with two attached hydrogens (primary N) is 1. The minimum absolute atomic E-state index is 0.198. The van der Waals surface area contributed by atoms with Gasteiger partial charge < -0.3 is 5.73 Å². The normalized spacial score (nSPS) is 13.7. The van der Waals surface area contributed by atoms with E-state index in [0.29, 0.717) is 12.0 Å². The third-order valence-electron chi connectivity index (χ3n) is 2.70. The van der Waals surface area contributed by atoms with Crippen LogP contribution in [0.2, 0.25) is 0 Å². The lowest BCUT2D eigenvalue weighted by molar-refractivity contribution is 0.458. The van der Waals surface area contributed by atoms with Gasteiger partial charge in [0, 0.05) is 18.5 Å². The minimum atomic E-state index is 0.198. The van der Waals surface area contributed by atoms with Gasteiger partial charge in [0.1, 0.15) is 12.2 Å². The standard InChI is InChI=1S/C12H24N4/c1-9(2)5-6-11(13)7-12-14-8-15-16(12)10(3)4/h8-11H,5-7,13H2,1-4H3. The van der Waals surface area contributed by atoms with Crippen molar-refractivity contribution in [1.29, 1.82) is 0 Å². The van der Waals surface area contributed by atoms with Gasteiger partial charge >= 0.3 is 0 Å². The first-order valence-electron chi connectivity index (χ1n) is 6.14. The molecule has 0 saturated carbocycles. The third kappa shape index (κ3) is 3.93. The Morgan fingerprint density at radius 2 is 1.94 bits per heavy atom. The molecule has 0 bridgehead atoms. The van der Waals surface area contributed by atoms with Gasteiger partial charge in [-0.15, -0.1) is 0 Å². The van der Waals surface area contributed by atoms with Crippen LogP contribution in [0.4, 0.5) is 0 Å². The van der Waals surface area contributed by atoms with Crippen LogP contribution >= 0.6 is 0 Å². The molecule has 4 heteroatoms. The van der Waals surface area contributed by atoms with E-state index in [2.05, 4.69) is 37.8 Å². The van der Waals surface area contributed by atoms with E-state index in [1.54, 1.807) is 6.33 Å². The van der Waals surface area contributed by atoms with Crippen LogP contribution in [0.5, 0.6) is 0 Å². The van der Waals surface area contributed by atoms with Gasteiger partial charge in [-0.05, 0) is 32.6 Å². The number of rotatable bonds is 6. The molecule has 92 valence electrons. The van der Waals surface area contributed by atoms with Gasteiger partial charge in [-0.3, -0.25) is 0 Å². The van der Waals surface area contributed by atoms with E-state index in [0.717, 1.165) is 18.7 Å². The average Bonchev–Trinajstić information content (AvgIpc) is 2.62. The monoisotopic (exact) mass is 224 g/mol. The zero-order valence-corrected chi connectivity index (χ0v) is 10.8. The summed E-state index contributed by atoms with van der Waals surface area (Å²) < 4.78 is 1.95. The first-order chi connectivity index (χ1) is 7.50. The van der Waals surface area contributed by atoms with Crippen molar-refractivity contribution in [1.82, 2.24) is 14.8 Å². The molecule has 0 aliphatic carbocycles. The van der Waals surface area contributed by atoms with E-state index in [-0.39, 0.29) is 6.04 Å². The Hall–Kier alpha value is -0.900. The molecule has 0 aromatic carbocycles. The van der Waals surface area contributed by atoms with Crippen molar-refractivity contribution in [2.24, 2.45) is 11.7 Å². The van der Waals surface area contributed by atoms with Crippen LogP contribution in [0.15, 0.2) is 6.33 Å². The second-order valence-corrected chi connectivity index (χ2v) is 5.15. The molecule has 1 atom stereocenters. The molecule has 0 amide bonds. The van der Waals surface area contributed by atoms with E-state index in [1.165, 1.54) is 6.42 Å². The van der Waals surface area contributed by atoms with Crippen LogP contribution in [0.3, 0.4) is 0 Å². The van der Waals surface area contributed by atoms with Crippen molar-refractivity contribution in [3.05, 3.63) is 12.2 Å². The maximum Gasteiger partial charge on any atom is 0.138 e. The zero-order chi connectivity index (χ0) is 12.1. The Balaban J connectivity index is 2.49. The van der Waals surface area contributed by atoms with Gasteiger partial charge in [0.15, 0.2) is 0 Å². The van der Waals surface area contributed by atoms with Crippen LogP contribution in [0.25, 0.3) is 0 Å². The maximum absolute atomic E-state index is 6.10. The average molecular weight is 224 g/mol. The fourth-order valence-electron chi connectivity index (χ4n) is 1.74. The van der Waals surface area contributed by atoms with Crippen molar-refractivity contribution in [3.63, 3.8) is 0 Å². The molecule has 1 rings (SSSR count). The van der Waals surface area contributed by atoms with Crippen molar-refractivity contribution < 1.29 is 0 Å². The van der Waals surface area contributed by atoms with Crippen LogP contribution in [0.1, 0.15) is 52.4 Å². The second kappa shape index (κ2) is 5.99. The quantitative estimate of drug-likeness (QED) is 0.805. The zero-order valence-electron chi connectivity index (χ0n) is 10.8.